The first-order chi connectivity index (χ1) is 15.1. The summed E-state index contributed by atoms with van der Waals surface area (Å²) in [6, 6.07) is 6.56. The van der Waals surface area contributed by atoms with Crippen molar-refractivity contribution < 1.29 is 37.7 Å². The molecule has 12 heteroatoms. The minimum atomic E-state index is -4.14. The highest BCUT2D eigenvalue weighted by Gasteiger charge is 2.56. The Morgan fingerprint density at radius 2 is 1.84 bits per heavy atom. The summed E-state index contributed by atoms with van der Waals surface area (Å²) in [5.41, 5.74) is 3.44. The van der Waals surface area contributed by atoms with Crippen LogP contribution in [0.3, 0.4) is 0 Å². The minimum Gasteiger partial charge on any atom is -0.496 e. The van der Waals surface area contributed by atoms with Gasteiger partial charge in [-0.25, -0.2) is 22.3 Å². The van der Waals surface area contributed by atoms with Crippen LogP contribution < -0.4 is 10.5 Å². The van der Waals surface area contributed by atoms with Crippen molar-refractivity contribution in [1.82, 2.24) is 9.21 Å². The number of urea groups is 1. The van der Waals surface area contributed by atoms with Crippen molar-refractivity contribution >= 4 is 22.0 Å². The summed E-state index contributed by atoms with van der Waals surface area (Å²) >= 11 is 0. The first-order valence-electron chi connectivity index (χ1n) is 10.3. The minimum absolute atomic E-state index is 0.0483. The number of nitrogens with two attached hydrogens (primary N) is 1. The second-order valence-electron chi connectivity index (χ2n) is 8.03. The molecule has 2 aliphatic heterocycles. The van der Waals surface area contributed by atoms with Crippen molar-refractivity contribution in [3.8, 4) is 5.75 Å². The Bertz CT molecular complexity index is 948. The zero-order valence-electron chi connectivity index (χ0n) is 17.8. The quantitative estimate of drug-likeness (QED) is 0.500. The van der Waals surface area contributed by atoms with Gasteiger partial charge >= 0.3 is 12.0 Å². The molecule has 2 fully saturated rings. The average molecular weight is 472 g/mol. The summed E-state index contributed by atoms with van der Waals surface area (Å²) in [5, 5.41) is 18.7. The Morgan fingerprint density at radius 1 is 1.19 bits per heavy atom. The molecular weight excluding hydrogens is 442 g/mol. The predicted molar refractivity (Wildman–Crippen MR) is 113 cm³/mol. The summed E-state index contributed by atoms with van der Waals surface area (Å²) in [5.74, 6) is -0.991. The summed E-state index contributed by atoms with van der Waals surface area (Å²) in [6.45, 7) is -0.117. The molecule has 0 aromatic heterocycles. The van der Waals surface area contributed by atoms with Crippen LogP contribution in [-0.2, 0) is 26.2 Å². The van der Waals surface area contributed by atoms with Crippen molar-refractivity contribution in [3.05, 3.63) is 29.8 Å². The van der Waals surface area contributed by atoms with Gasteiger partial charge < -0.3 is 30.3 Å². The predicted octanol–water partition coefficient (Wildman–Crippen LogP) is -0.0253. The van der Waals surface area contributed by atoms with Crippen LogP contribution >= 0.6 is 0 Å². The molecule has 178 valence electrons. The number of carboxylic acid groups (broad SMARTS) is 1. The van der Waals surface area contributed by atoms with Crippen molar-refractivity contribution in [3.63, 3.8) is 0 Å². The number of likely N-dealkylation sites (tertiary alicyclic amines) is 1. The van der Waals surface area contributed by atoms with Gasteiger partial charge in [0.25, 0.3) is 0 Å². The molecule has 2 amide bonds. The monoisotopic (exact) mass is 471 g/mol. The van der Waals surface area contributed by atoms with Gasteiger partial charge in [0, 0.05) is 25.2 Å². The fourth-order valence-electron chi connectivity index (χ4n) is 4.24. The molecule has 4 N–H and O–H groups in total. The van der Waals surface area contributed by atoms with E-state index in [2.05, 4.69) is 0 Å². The van der Waals surface area contributed by atoms with Crippen LogP contribution in [0.25, 0.3) is 0 Å². The molecule has 11 nitrogen and oxygen atoms in total. The SMILES string of the molecule is COc1ccccc1COC1CCN(S(=O)(=O)C2CCN(C(N)=O)CC2(O)C(=O)O)CC1. The Hall–Kier alpha value is -2.41. The van der Waals surface area contributed by atoms with Gasteiger partial charge in [0.2, 0.25) is 10.0 Å². The van der Waals surface area contributed by atoms with Crippen LogP contribution in [0.4, 0.5) is 4.79 Å². The van der Waals surface area contributed by atoms with E-state index >= 15 is 0 Å². The maximum Gasteiger partial charge on any atom is 0.339 e. The molecule has 2 unspecified atom stereocenters. The number of rotatable bonds is 7. The number of aliphatic hydroxyl groups is 1. The van der Waals surface area contributed by atoms with Crippen LogP contribution in [-0.4, -0.2) is 90.1 Å². The molecule has 2 aliphatic rings. The summed E-state index contributed by atoms with van der Waals surface area (Å²) in [6.07, 6.45) is 0.472. The lowest BCUT2D eigenvalue weighted by Crippen LogP contribution is -2.67. The van der Waals surface area contributed by atoms with E-state index in [9.17, 15) is 28.2 Å². The molecular formula is C20H29N3O8S. The number of carbonyl (C=O) groups is 2. The average Bonchev–Trinajstić information content (AvgIpc) is 2.77. The third-order valence-corrected chi connectivity index (χ3v) is 8.52. The van der Waals surface area contributed by atoms with Gasteiger partial charge in [-0.1, -0.05) is 18.2 Å². The van der Waals surface area contributed by atoms with Gasteiger partial charge in [-0.2, -0.15) is 0 Å². The third kappa shape index (κ3) is 4.82. The molecule has 0 bridgehead atoms. The van der Waals surface area contributed by atoms with Crippen LogP contribution in [0.15, 0.2) is 24.3 Å². The Morgan fingerprint density at radius 3 is 2.44 bits per heavy atom. The van der Waals surface area contributed by atoms with Crippen LogP contribution in [0.2, 0.25) is 0 Å². The van der Waals surface area contributed by atoms with Crippen LogP contribution in [0.5, 0.6) is 5.75 Å². The van der Waals surface area contributed by atoms with Crippen molar-refractivity contribution in [2.45, 2.75) is 42.8 Å². The number of nitrogens with zero attached hydrogens (tertiary/aromatic N) is 2. The van der Waals surface area contributed by atoms with E-state index in [1.807, 2.05) is 24.3 Å². The standard InChI is InChI=1S/C20H29N3O8S/c1-30-16-5-3-2-4-14(16)12-31-15-6-10-23(11-7-15)32(28,29)17-8-9-22(19(21)26)13-20(17,27)18(24)25/h2-5,15,17,27H,6-13H2,1H3,(H2,21,26)(H,24,25). The lowest BCUT2D eigenvalue weighted by molar-refractivity contribution is -0.162. The fraction of sp³-hybridized carbons (Fsp3) is 0.600. The highest BCUT2D eigenvalue weighted by Crippen LogP contribution is 2.32. The number of amides is 2. The van der Waals surface area contributed by atoms with E-state index < -0.39 is 39.4 Å². The Labute approximate surface area is 186 Å². The zero-order valence-corrected chi connectivity index (χ0v) is 18.7. The first-order valence-corrected chi connectivity index (χ1v) is 11.8. The van der Waals surface area contributed by atoms with Crippen LogP contribution in [0.1, 0.15) is 24.8 Å². The number of carbonyl (C=O) groups excluding carboxylic acids is 1. The molecule has 1 aromatic carbocycles. The molecule has 0 radical (unpaired) electrons. The normalized spacial score (nSPS) is 25.4. The number of hydrogen-bond donors (Lipinski definition) is 3. The maximum atomic E-state index is 13.2. The summed E-state index contributed by atoms with van der Waals surface area (Å²) in [7, 11) is -2.56. The molecule has 1 aromatic rings. The van der Waals surface area contributed by atoms with E-state index in [0.29, 0.717) is 25.2 Å². The molecule has 0 saturated carbocycles. The smallest absolute Gasteiger partial charge is 0.339 e. The number of carboxylic acids is 1. The number of ether oxygens (including phenoxy) is 2. The van der Waals surface area contributed by atoms with Gasteiger partial charge in [0.15, 0.2) is 5.60 Å². The van der Waals surface area contributed by atoms with Gasteiger partial charge in [-0.15, -0.1) is 0 Å². The van der Waals surface area contributed by atoms with E-state index in [1.54, 1.807) is 7.11 Å². The number of para-hydroxylation sites is 1. The molecule has 2 atom stereocenters. The first kappa shape index (κ1) is 24.2. The number of β-amino-alcohol motifs (C(OH)–C–C–N with tert-alkyl or cyclic N) is 1. The second kappa shape index (κ2) is 9.61. The van der Waals surface area contributed by atoms with Gasteiger partial charge in [0.1, 0.15) is 11.0 Å². The van der Waals surface area contributed by atoms with E-state index in [0.717, 1.165) is 10.5 Å². The van der Waals surface area contributed by atoms with E-state index in [-0.39, 0.29) is 32.2 Å². The fourth-order valence-corrected chi connectivity index (χ4v) is 6.39. The Balaban J connectivity index is 1.63. The summed E-state index contributed by atoms with van der Waals surface area (Å²) < 4.78 is 38.9. The molecule has 3 rings (SSSR count). The highest BCUT2D eigenvalue weighted by atomic mass is 32.2. The molecule has 2 saturated heterocycles. The van der Waals surface area contributed by atoms with Gasteiger partial charge in [-0.05, 0) is 25.3 Å². The van der Waals surface area contributed by atoms with Crippen LogP contribution in [0, 0.1) is 0 Å². The third-order valence-electron chi connectivity index (χ3n) is 6.10. The van der Waals surface area contributed by atoms with E-state index in [1.165, 1.54) is 4.31 Å². The molecule has 32 heavy (non-hydrogen) atoms. The topological polar surface area (TPSA) is 160 Å². The number of hydrogen-bond acceptors (Lipinski definition) is 7. The number of primary amides is 1. The number of benzene rings is 1. The molecule has 0 spiro atoms. The maximum absolute atomic E-state index is 13.2. The highest BCUT2D eigenvalue weighted by molar-refractivity contribution is 7.89. The van der Waals surface area contributed by atoms with Crippen molar-refractivity contribution in [2.75, 3.05) is 33.3 Å². The van der Waals surface area contributed by atoms with Crippen molar-refractivity contribution in [1.29, 1.82) is 0 Å². The second-order valence-corrected chi connectivity index (χ2v) is 10.1. The van der Waals surface area contributed by atoms with Gasteiger partial charge in [-0.3, -0.25) is 0 Å². The molecule has 0 aliphatic carbocycles. The number of aliphatic carboxylic acids is 1. The number of piperidine rings is 2. The lowest BCUT2D eigenvalue weighted by Gasteiger charge is -2.43. The number of sulfonamides is 1. The van der Waals surface area contributed by atoms with Crippen molar-refractivity contribution in [2.24, 2.45) is 5.73 Å². The lowest BCUT2D eigenvalue weighted by atomic mass is 9.92. The number of methoxy groups -OCH3 is 1. The van der Waals surface area contributed by atoms with E-state index in [4.69, 9.17) is 15.2 Å². The van der Waals surface area contributed by atoms with Gasteiger partial charge in [0.05, 0.1) is 26.4 Å². The Kier molecular flexibility index (Phi) is 7.28. The molecule has 2 heterocycles. The largest absolute Gasteiger partial charge is 0.496 e. The zero-order chi connectivity index (χ0) is 23.5. The summed E-state index contributed by atoms with van der Waals surface area (Å²) in [4.78, 5) is 24.1.